The van der Waals surface area contributed by atoms with E-state index >= 15 is 0 Å². The van der Waals surface area contributed by atoms with Gasteiger partial charge in [0, 0.05) is 5.92 Å². The van der Waals surface area contributed by atoms with Gasteiger partial charge in [0.25, 0.3) is 0 Å². The summed E-state index contributed by atoms with van der Waals surface area (Å²) in [5, 5.41) is 3.56. The third kappa shape index (κ3) is 6.55. The van der Waals surface area contributed by atoms with E-state index in [1.54, 1.807) is 0 Å². The van der Waals surface area contributed by atoms with Gasteiger partial charge < -0.3 is 15.3 Å². The topological polar surface area (TPSA) is 69.4 Å². The van der Waals surface area contributed by atoms with Crippen molar-refractivity contribution in [2.24, 2.45) is 0 Å². The molecule has 1 aromatic carbocycles. The number of hydrogen-bond acceptors (Lipinski definition) is 3. The first-order valence-electron chi connectivity index (χ1n) is 15.0. The van der Waals surface area contributed by atoms with Gasteiger partial charge in [-0.2, -0.15) is 0 Å². The van der Waals surface area contributed by atoms with Gasteiger partial charge in [-0.1, -0.05) is 37.6 Å². The zero-order valence-electron chi connectivity index (χ0n) is 24.3. The van der Waals surface area contributed by atoms with Crippen LogP contribution >= 0.6 is 0 Å². The molecule has 1 fully saturated rings. The van der Waals surface area contributed by atoms with Gasteiger partial charge >= 0.3 is 0 Å². The Morgan fingerprint density at radius 1 is 1.18 bits per heavy atom. The number of nitrogens with zero attached hydrogens (tertiary/aromatic N) is 2. The fourth-order valence-electron chi connectivity index (χ4n) is 5.68. The van der Waals surface area contributed by atoms with E-state index in [9.17, 15) is 0 Å². The van der Waals surface area contributed by atoms with Crippen molar-refractivity contribution in [2.75, 3.05) is 6.54 Å². The number of H-pyrrole nitrogens is 2. The summed E-state index contributed by atoms with van der Waals surface area (Å²) in [4.78, 5) is 17.0. The lowest BCUT2D eigenvalue weighted by Crippen LogP contribution is -2.14. The lowest BCUT2D eigenvalue weighted by atomic mass is 9.93. The number of allylic oxidation sites excluding steroid dienone is 7. The zero-order chi connectivity index (χ0) is 27.9. The molecule has 1 aliphatic carbocycles. The maximum Gasteiger partial charge on any atom is 0.124 e. The number of imidazole rings is 2. The largest absolute Gasteiger partial charge is 0.342 e. The molecule has 1 aliphatic heterocycles. The summed E-state index contributed by atoms with van der Waals surface area (Å²) in [6, 6.07) is 6.90. The standard InChI is InChI=1S/C35H43N5/c1-5-7-9-10-12-25(4)34-37-29-19-17-27(22-32(29)39-34)24(3)15-16-26(13-8-6-2)28-18-20-30-33(23-28)40-35(38-30)31-14-11-21-36-31/h5-6,13,15-17,19,22-23,25,31,36H,1,7,9-12,14,18,20-21H2,2-4H3,(H,37,39)(H,38,40)/b24-15+,26-16+. The molecular weight excluding hydrogens is 490 g/mol. The molecule has 5 nitrogen and oxygen atoms in total. The van der Waals surface area contributed by atoms with Crippen molar-refractivity contribution >= 4 is 22.7 Å². The molecule has 2 aliphatic rings. The molecule has 40 heavy (non-hydrogen) atoms. The Hall–Kier alpha value is -3.66. The second-order valence-corrected chi connectivity index (χ2v) is 11.2. The third-order valence-electron chi connectivity index (χ3n) is 8.18. The molecule has 2 atom stereocenters. The minimum atomic E-state index is 0.361. The van der Waals surface area contributed by atoms with E-state index < -0.39 is 0 Å². The maximum absolute atomic E-state index is 4.92. The normalized spacial score (nSPS) is 18.3. The van der Waals surface area contributed by atoms with Gasteiger partial charge in [0.15, 0.2) is 0 Å². The lowest BCUT2D eigenvalue weighted by Gasteiger charge is -2.13. The summed E-state index contributed by atoms with van der Waals surface area (Å²) in [5.41, 5.74) is 12.7. The van der Waals surface area contributed by atoms with Crippen LogP contribution in [-0.2, 0) is 6.42 Å². The first kappa shape index (κ1) is 27.9. The minimum Gasteiger partial charge on any atom is -0.342 e. The number of benzene rings is 1. The lowest BCUT2D eigenvalue weighted by molar-refractivity contribution is 0.589. The molecule has 3 heterocycles. The Labute approximate surface area is 239 Å². The predicted octanol–water partition coefficient (Wildman–Crippen LogP) is 8.65. The molecule has 2 unspecified atom stereocenters. The molecular formula is C35H43N5. The van der Waals surface area contributed by atoms with E-state index in [4.69, 9.17) is 9.97 Å². The summed E-state index contributed by atoms with van der Waals surface area (Å²) in [5.74, 6) is 2.59. The van der Waals surface area contributed by atoms with Crippen molar-refractivity contribution in [1.82, 2.24) is 25.3 Å². The number of hydrogen-bond donors (Lipinski definition) is 3. The van der Waals surface area contributed by atoms with E-state index in [0.29, 0.717) is 12.0 Å². The SMILES string of the molecule is C=CCCCCC(C)c1nc2ccc(/C(C)=C/C=C(\C=C=CC)C3=Cc4[nH]c(C5CCCN5)nc4CC3)cc2[nH]1. The van der Waals surface area contributed by atoms with Crippen molar-refractivity contribution < 1.29 is 0 Å². The summed E-state index contributed by atoms with van der Waals surface area (Å²) in [7, 11) is 0. The van der Waals surface area contributed by atoms with Crippen LogP contribution in [0, 0.1) is 0 Å². The van der Waals surface area contributed by atoms with Crippen LogP contribution < -0.4 is 5.32 Å². The molecule has 0 spiro atoms. The molecule has 5 heteroatoms. The first-order chi connectivity index (χ1) is 19.6. The maximum atomic E-state index is 4.92. The Kier molecular flexibility index (Phi) is 9.15. The third-order valence-corrected chi connectivity index (χ3v) is 8.18. The summed E-state index contributed by atoms with van der Waals surface area (Å²) < 4.78 is 0. The average molecular weight is 534 g/mol. The number of aryl methyl sites for hydroxylation is 1. The fraction of sp³-hybridized carbons (Fsp3) is 0.400. The highest BCUT2D eigenvalue weighted by molar-refractivity contribution is 5.81. The van der Waals surface area contributed by atoms with Crippen LogP contribution in [-0.4, -0.2) is 26.5 Å². The van der Waals surface area contributed by atoms with Crippen LogP contribution in [0.3, 0.4) is 0 Å². The highest BCUT2D eigenvalue weighted by Crippen LogP contribution is 2.31. The summed E-state index contributed by atoms with van der Waals surface area (Å²) in [6.45, 7) is 11.4. The van der Waals surface area contributed by atoms with Gasteiger partial charge in [0.05, 0.1) is 28.5 Å². The predicted molar refractivity (Wildman–Crippen MR) is 168 cm³/mol. The second kappa shape index (κ2) is 13.1. The Morgan fingerprint density at radius 3 is 2.88 bits per heavy atom. The summed E-state index contributed by atoms with van der Waals surface area (Å²) >= 11 is 0. The number of aromatic nitrogens is 4. The molecule has 0 amide bonds. The second-order valence-electron chi connectivity index (χ2n) is 11.2. The molecule has 3 aromatic rings. The van der Waals surface area contributed by atoms with Gasteiger partial charge in [-0.3, -0.25) is 0 Å². The minimum absolute atomic E-state index is 0.361. The van der Waals surface area contributed by atoms with Crippen molar-refractivity contribution in [3.05, 3.63) is 101 Å². The van der Waals surface area contributed by atoms with Crippen LogP contribution in [0.2, 0.25) is 0 Å². The Morgan fingerprint density at radius 2 is 2.08 bits per heavy atom. The molecule has 0 bridgehead atoms. The van der Waals surface area contributed by atoms with Crippen molar-refractivity contribution in [3.8, 4) is 0 Å². The van der Waals surface area contributed by atoms with E-state index in [1.165, 1.54) is 47.2 Å². The zero-order valence-corrected chi connectivity index (χ0v) is 24.3. The van der Waals surface area contributed by atoms with Gasteiger partial charge in [-0.25, -0.2) is 9.97 Å². The Balaban J connectivity index is 1.35. The van der Waals surface area contributed by atoms with Crippen LogP contribution in [0.15, 0.2) is 72.0 Å². The van der Waals surface area contributed by atoms with Crippen LogP contribution in [0.4, 0.5) is 0 Å². The fourth-order valence-corrected chi connectivity index (χ4v) is 5.68. The number of rotatable bonds is 11. The highest BCUT2D eigenvalue weighted by Gasteiger charge is 2.23. The van der Waals surface area contributed by atoms with E-state index in [2.05, 4.69) is 83.9 Å². The molecule has 0 radical (unpaired) electrons. The average Bonchev–Trinajstić information content (AvgIpc) is 3.73. The van der Waals surface area contributed by atoms with E-state index in [1.807, 2.05) is 19.1 Å². The number of aromatic amines is 2. The van der Waals surface area contributed by atoms with Gasteiger partial charge in [0.2, 0.25) is 0 Å². The van der Waals surface area contributed by atoms with Gasteiger partial charge in [-0.15, -0.1) is 12.3 Å². The molecule has 1 saturated heterocycles. The molecule has 2 aromatic heterocycles. The van der Waals surface area contributed by atoms with Gasteiger partial charge in [0.1, 0.15) is 11.6 Å². The van der Waals surface area contributed by atoms with Crippen molar-refractivity contribution in [2.45, 2.75) is 84.1 Å². The molecule has 3 N–H and O–H groups in total. The number of unbranched alkanes of at least 4 members (excludes halogenated alkanes) is 2. The van der Waals surface area contributed by atoms with Crippen molar-refractivity contribution in [3.63, 3.8) is 0 Å². The Bertz CT molecular complexity index is 1500. The number of fused-ring (bicyclic) bond motifs is 2. The molecule has 208 valence electrons. The van der Waals surface area contributed by atoms with Crippen LogP contribution in [0.25, 0.3) is 22.7 Å². The number of nitrogens with one attached hydrogen (secondary N) is 3. The van der Waals surface area contributed by atoms with E-state index in [-0.39, 0.29) is 0 Å². The quantitative estimate of drug-likeness (QED) is 0.0999. The monoisotopic (exact) mass is 533 g/mol. The van der Waals surface area contributed by atoms with Gasteiger partial charge in [-0.05, 0) is 118 Å². The highest BCUT2D eigenvalue weighted by atomic mass is 15.0. The smallest absolute Gasteiger partial charge is 0.124 e. The first-order valence-corrected chi connectivity index (χ1v) is 15.0. The summed E-state index contributed by atoms with van der Waals surface area (Å²) in [6.07, 6.45) is 21.7. The molecule has 5 rings (SSSR count). The van der Waals surface area contributed by atoms with Crippen LogP contribution in [0.5, 0.6) is 0 Å². The van der Waals surface area contributed by atoms with Crippen LogP contribution in [0.1, 0.15) is 106 Å². The van der Waals surface area contributed by atoms with E-state index in [0.717, 1.165) is 67.0 Å². The van der Waals surface area contributed by atoms with Crippen molar-refractivity contribution in [1.29, 1.82) is 0 Å². The molecule has 0 saturated carbocycles.